The largest absolute Gasteiger partial charge is 0.481 e. The van der Waals surface area contributed by atoms with Crippen LogP contribution >= 0.6 is 0 Å². The number of rotatable bonds is 8. The highest BCUT2D eigenvalue weighted by Gasteiger charge is 2.28. The third-order valence-electron chi connectivity index (χ3n) is 5.54. The Morgan fingerprint density at radius 2 is 1.94 bits per heavy atom. The number of carbonyl (C=O) groups is 1. The number of anilines is 2. The van der Waals surface area contributed by atoms with Gasteiger partial charge in [0.15, 0.2) is 0 Å². The highest BCUT2D eigenvalue weighted by molar-refractivity contribution is 5.70. The molecule has 3 atom stereocenters. The fraction of sp³-hybridized carbons (Fsp3) is 0.280. The molecule has 0 spiro atoms. The van der Waals surface area contributed by atoms with E-state index in [0.29, 0.717) is 6.61 Å². The number of hydrogen-bond donors (Lipinski definition) is 3. The summed E-state index contributed by atoms with van der Waals surface area (Å²) in [7, 11) is 0. The first-order chi connectivity index (χ1) is 15.1. The summed E-state index contributed by atoms with van der Waals surface area (Å²) in [5.41, 5.74) is 3.98. The first kappa shape index (κ1) is 20.9. The molecular formula is C25H27N3O3. The molecule has 0 unspecified atom stereocenters. The van der Waals surface area contributed by atoms with E-state index in [1.54, 1.807) is 6.20 Å². The van der Waals surface area contributed by atoms with Crippen molar-refractivity contribution in [2.24, 2.45) is 0 Å². The number of carboxylic acid groups (broad SMARTS) is 1. The Labute approximate surface area is 182 Å². The number of hydrogen-bond acceptors (Lipinski definition) is 5. The molecule has 0 aliphatic carbocycles. The number of nitrogens with one attached hydrogen (secondary N) is 2. The van der Waals surface area contributed by atoms with Crippen molar-refractivity contribution in [2.45, 2.75) is 31.4 Å². The van der Waals surface area contributed by atoms with Crippen LogP contribution in [-0.4, -0.2) is 35.3 Å². The summed E-state index contributed by atoms with van der Waals surface area (Å²) in [6, 6.07) is 21.9. The Balaban J connectivity index is 1.49. The summed E-state index contributed by atoms with van der Waals surface area (Å²) >= 11 is 0. The second kappa shape index (κ2) is 9.62. The number of aromatic nitrogens is 1. The monoisotopic (exact) mass is 417 g/mol. The minimum absolute atomic E-state index is 0.0235. The van der Waals surface area contributed by atoms with Gasteiger partial charge in [0.25, 0.3) is 0 Å². The molecule has 0 amide bonds. The van der Waals surface area contributed by atoms with E-state index in [1.165, 1.54) is 0 Å². The topological polar surface area (TPSA) is 83.5 Å². The van der Waals surface area contributed by atoms with Crippen molar-refractivity contribution >= 4 is 17.5 Å². The summed E-state index contributed by atoms with van der Waals surface area (Å²) in [6.45, 7) is 3.34. The van der Waals surface area contributed by atoms with Crippen molar-refractivity contribution in [3.05, 3.63) is 89.6 Å². The Bertz CT molecular complexity index is 1030. The van der Waals surface area contributed by atoms with Gasteiger partial charge >= 0.3 is 5.97 Å². The highest BCUT2D eigenvalue weighted by Crippen LogP contribution is 2.31. The molecule has 6 nitrogen and oxygen atoms in total. The van der Waals surface area contributed by atoms with Gasteiger partial charge in [-0.1, -0.05) is 61.5 Å². The first-order valence-electron chi connectivity index (χ1n) is 10.5. The van der Waals surface area contributed by atoms with Crippen LogP contribution in [-0.2, 0) is 16.0 Å². The lowest BCUT2D eigenvalue weighted by atomic mass is 9.97. The molecule has 3 aromatic rings. The lowest BCUT2D eigenvalue weighted by Gasteiger charge is -2.34. The summed E-state index contributed by atoms with van der Waals surface area (Å²) in [5, 5.41) is 16.0. The molecule has 0 saturated carbocycles. The van der Waals surface area contributed by atoms with Crippen molar-refractivity contribution in [3.8, 4) is 0 Å². The van der Waals surface area contributed by atoms with Crippen LogP contribution in [0, 0.1) is 0 Å². The van der Waals surface area contributed by atoms with Gasteiger partial charge in [0.1, 0.15) is 11.9 Å². The molecule has 3 N–H and O–H groups in total. The molecule has 1 aromatic heterocycles. The van der Waals surface area contributed by atoms with Gasteiger partial charge in [0.05, 0.1) is 24.8 Å². The van der Waals surface area contributed by atoms with Crippen molar-refractivity contribution < 1.29 is 14.6 Å². The predicted octanol–water partition coefficient (Wildman–Crippen LogP) is 4.48. The van der Waals surface area contributed by atoms with Gasteiger partial charge in [-0.15, -0.1) is 0 Å². The summed E-state index contributed by atoms with van der Waals surface area (Å²) in [4.78, 5) is 15.5. The zero-order valence-electron chi connectivity index (χ0n) is 17.5. The lowest BCUT2D eigenvalue weighted by molar-refractivity contribution is -0.136. The Morgan fingerprint density at radius 3 is 2.74 bits per heavy atom. The fourth-order valence-corrected chi connectivity index (χ4v) is 3.91. The molecule has 160 valence electrons. The SMILES string of the molecule is C[C@@H](CO[C@@H](c1ccccc1)[C@H]1CNc2cccnc2N1)c1cccc(CC(=O)O)c1. The van der Waals surface area contributed by atoms with Gasteiger partial charge in [0, 0.05) is 18.7 Å². The molecule has 1 aliphatic rings. The molecule has 1 aliphatic heterocycles. The van der Waals surface area contributed by atoms with Crippen LogP contribution in [0.2, 0.25) is 0 Å². The zero-order chi connectivity index (χ0) is 21.6. The van der Waals surface area contributed by atoms with Gasteiger partial charge < -0.3 is 20.5 Å². The number of carboxylic acids is 1. The maximum Gasteiger partial charge on any atom is 0.307 e. The number of fused-ring (bicyclic) bond motifs is 1. The lowest BCUT2D eigenvalue weighted by Crippen LogP contribution is -2.39. The summed E-state index contributed by atoms with van der Waals surface area (Å²) in [6.07, 6.45) is 1.65. The van der Waals surface area contributed by atoms with Crippen molar-refractivity contribution in [1.82, 2.24) is 4.98 Å². The Hall–Kier alpha value is -3.38. The average molecular weight is 418 g/mol. The van der Waals surface area contributed by atoms with E-state index < -0.39 is 5.97 Å². The van der Waals surface area contributed by atoms with Crippen LogP contribution in [0.25, 0.3) is 0 Å². The van der Waals surface area contributed by atoms with Gasteiger partial charge in [-0.2, -0.15) is 0 Å². The van der Waals surface area contributed by atoms with Crippen molar-refractivity contribution in [2.75, 3.05) is 23.8 Å². The second-order valence-electron chi connectivity index (χ2n) is 7.91. The molecular weight excluding hydrogens is 390 g/mol. The fourth-order valence-electron chi connectivity index (χ4n) is 3.91. The zero-order valence-corrected chi connectivity index (χ0v) is 17.5. The van der Waals surface area contributed by atoms with Crippen LogP contribution in [0.15, 0.2) is 72.9 Å². The quantitative estimate of drug-likeness (QED) is 0.501. The molecule has 4 rings (SSSR count). The van der Waals surface area contributed by atoms with Gasteiger partial charge in [-0.3, -0.25) is 4.79 Å². The average Bonchev–Trinajstić information content (AvgIpc) is 2.79. The maximum atomic E-state index is 11.0. The predicted molar refractivity (Wildman–Crippen MR) is 121 cm³/mol. The van der Waals surface area contributed by atoms with E-state index in [-0.39, 0.29) is 24.5 Å². The molecule has 2 aromatic carbocycles. The molecule has 0 radical (unpaired) electrons. The van der Waals surface area contributed by atoms with Gasteiger partial charge in [0.2, 0.25) is 0 Å². The van der Waals surface area contributed by atoms with Crippen LogP contribution < -0.4 is 10.6 Å². The van der Waals surface area contributed by atoms with Crippen LogP contribution in [0.3, 0.4) is 0 Å². The molecule has 2 heterocycles. The van der Waals surface area contributed by atoms with E-state index in [4.69, 9.17) is 9.84 Å². The van der Waals surface area contributed by atoms with E-state index in [2.05, 4.69) is 34.7 Å². The molecule has 31 heavy (non-hydrogen) atoms. The molecule has 6 heteroatoms. The number of pyridine rings is 1. The first-order valence-corrected chi connectivity index (χ1v) is 10.5. The van der Waals surface area contributed by atoms with Gasteiger partial charge in [-0.25, -0.2) is 4.98 Å². The van der Waals surface area contributed by atoms with E-state index >= 15 is 0 Å². The second-order valence-corrected chi connectivity index (χ2v) is 7.91. The number of nitrogens with zero attached hydrogens (tertiary/aromatic N) is 1. The number of aliphatic carboxylic acids is 1. The minimum Gasteiger partial charge on any atom is -0.481 e. The maximum absolute atomic E-state index is 11.0. The third kappa shape index (κ3) is 5.22. The van der Waals surface area contributed by atoms with Crippen LogP contribution in [0.5, 0.6) is 0 Å². The summed E-state index contributed by atoms with van der Waals surface area (Å²) < 4.78 is 6.47. The number of ether oxygens (including phenoxy) is 1. The normalized spacial score (nSPS) is 17.0. The molecule has 0 saturated heterocycles. The van der Waals surface area contributed by atoms with Crippen molar-refractivity contribution in [1.29, 1.82) is 0 Å². The van der Waals surface area contributed by atoms with Crippen LogP contribution in [0.1, 0.15) is 35.6 Å². The van der Waals surface area contributed by atoms with E-state index in [9.17, 15) is 4.79 Å². The highest BCUT2D eigenvalue weighted by atomic mass is 16.5. The number of benzene rings is 2. The third-order valence-corrected chi connectivity index (χ3v) is 5.54. The van der Waals surface area contributed by atoms with Crippen LogP contribution in [0.4, 0.5) is 11.5 Å². The minimum atomic E-state index is -0.824. The standard InChI is InChI=1S/C25H27N3O3/c1-17(20-10-5-7-18(13-20)14-23(29)30)16-31-24(19-8-3-2-4-9-19)22-15-27-21-11-6-12-26-25(21)28-22/h2-13,17,22,24,27H,14-16H2,1H3,(H,26,28)(H,29,30)/t17-,22+,24-/m0/s1. The van der Waals surface area contributed by atoms with Crippen molar-refractivity contribution in [3.63, 3.8) is 0 Å². The Morgan fingerprint density at radius 1 is 1.13 bits per heavy atom. The van der Waals surface area contributed by atoms with E-state index in [1.807, 2.05) is 54.6 Å². The van der Waals surface area contributed by atoms with E-state index in [0.717, 1.165) is 34.7 Å². The molecule has 0 fully saturated rings. The Kier molecular flexibility index (Phi) is 6.48. The molecule has 0 bridgehead atoms. The smallest absolute Gasteiger partial charge is 0.307 e. The van der Waals surface area contributed by atoms with Gasteiger partial charge in [-0.05, 0) is 28.8 Å². The summed E-state index contributed by atoms with van der Waals surface area (Å²) in [5.74, 6) is 0.134.